The minimum Gasteiger partial charge on any atom is -0.481 e. The largest absolute Gasteiger partial charge is 0.481 e. The summed E-state index contributed by atoms with van der Waals surface area (Å²) in [6.07, 6.45) is 13.5. The first-order chi connectivity index (χ1) is 10.1. The van der Waals surface area contributed by atoms with Crippen LogP contribution < -0.4 is 0 Å². The van der Waals surface area contributed by atoms with Gasteiger partial charge in [0, 0.05) is 12.8 Å². The van der Waals surface area contributed by atoms with Crippen LogP contribution in [0.5, 0.6) is 0 Å². The van der Waals surface area contributed by atoms with E-state index in [1.807, 2.05) is 0 Å². The van der Waals surface area contributed by atoms with Gasteiger partial charge in [-0.2, -0.15) is 0 Å². The van der Waals surface area contributed by atoms with Gasteiger partial charge in [0.05, 0.1) is 0 Å². The van der Waals surface area contributed by atoms with Gasteiger partial charge in [-0.3, -0.25) is 9.59 Å². The molecular formula is C17H30O4. The fourth-order valence-electron chi connectivity index (χ4n) is 2.34. The fourth-order valence-corrected chi connectivity index (χ4v) is 2.34. The Kier molecular flexibility index (Phi) is 12.8. The van der Waals surface area contributed by atoms with Crippen LogP contribution in [-0.4, -0.2) is 22.2 Å². The molecule has 2 N–H and O–H groups in total. The molecule has 0 radical (unpaired) electrons. The molecule has 0 aromatic carbocycles. The van der Waals surface area contributed by atoms with Crippen LogP contribution in [-0.2, 0) is 9.59 Å². The van der Waals surface area contributed by atoms with Crippen LogP contribution in [0.2, 0.25) is 0 Å². The zero-order valence-corrected chi connectivity index (χ0v) is 13.2. The number of allylic oxidation sites excluding steroid dienone is 2. The van der Waals surface area contributed by atoms with Crippen molar-refractivity contribution in [2.24, 2.45) is 5.92 Å². The molecule has 4 heteroatoms. The normalized spacial score (nSPS) is 12.6. The first-order valence-electron chi connectivity index (χ1n) is 8.14. The van der Waals surface area contributed by atoms with Crippen LogP contribution in [0, 0.1) is 5.92 Å². The summed E-state index contributed by atoms with van der Waals surface area (Å²) >= 11 is 0. The number of carbonyl (C=O) groups is 2. The van der Waals surface area contributed by atoms with Crippen molar-refractivity contribution in [3.05, 3.63) is 12.2 Å². The monoisotopic (exact) mass is 298 g/mol. The van der Waals surface area contributed by atoms with Crippen LogP contribution in [0.4, 0.5) is 0 Å². The fraction of sp³-hybridized carbons (Fsp3) is 0.765. The smallest absolute Gasteiger partial charge is 0.303 e. The molecule has 1 unspecified atom stereocenters. The lowest BCUT2D eigenvalue weighted by Gasteiger charge is -2.12. The Hall–Kier alpha value is -1.32. The van der Waals surface area contributed by atoms with Gasteiger partial charge in [-0.15, -0.1) is 0 Å². The summed E-state index contributed by atoms with van der Waals surface area (Å²) in [5, 5.41) is 17.5. The number of hydrogen-bond donors (Lipinski definition) is 2. The summed E-state index contributed by atoms with van der Waals surface area (Å²) in [5.41, 5.74) is 0. The Morgan fingerprint density at radius 3 is 2.29 bits per heavy atom. The molecule has 0 aliphatic carbocycles. The molecule has 0 aliphatic rings. The van der Waals surface area contributed by atoms with Gasteiger partial charge < -0.3 is 10.2 Å². The molecule has 4 nitrogen and oxygen atoms in total. The molecule has 0 spiro atoms. The third-order valence-electron chi connectivity index (χ3n) is 3.58. The summed E-state index contributed by atoms with van der Waals surface area (Å²) in [4.78, 5) is 21.2. The molecule has 0 bridgehead atoms. The van der Waals surface area contributed by atoms with Crippen molar-refractivity contribution >= 4 is 11.9 Å². The van der Waals surface area contributed by atoms with Crippen molar-refractivity contribution in [1.29, 1.82) is 0 Å². The molecule has 1 atom stereocenters. The molecule has 0 fully saturated rings. The average Bonchev–Trinajstić information content (AvgIpc) is 2.41. The predicted molar refractivity (Wildman–Crippen MR) is 84.4 cm³/mol. The van der Waals surface area contributed by atoms with Gasteiger partial charge in [-0.1, -0.05) is 51.2 Å². The summed E-state index contributed by atoms with van der Waals surface area (Å²) in [6, 6.07) is 0. The second-order valence-corrected chi connectivity index (χ2v) is 5.66. The molecule has 0 saturated carbocycles. The first-order valence-corrected chi connectivity index (χ1v) is 8.14. The van der Waals surface area contributed by atoms with E-state index in [4.69, 9.17) is 10.2 Å². The van der Waals surface area contributed by atoms with E-state index in [0.29, 0.717) is 0 Å². The molecule has 0 rings (SSSR count). The van der Waals surface area contributed by atoms with E-state index in [2.05, 4.69) is 19.1 Å². The number of unbranched alkanes of at least 4 members (excludes halogenated alkanes) is 5. The van der Waals surface area contributed by atoms with E-state index < -0.39 is 11.9 Å². The van der Waals surface area contributed by atoms with Gasteiger partial charge >= 0.3 is 11.9 Å². The van der Waals surface area contributed by atoms with E-state index in [1.165, 1.54) is 12.8 Å². The maximum atomic E-state index is 10.9. The average molecular weight is 298 g/mol. The summed E-state index contributed by atoms with van der Waals surface area (Å²) in [7, 11) is 0. The molecule has 0 amide bonds. The maximum absolute atomic E-state index is 10.9. The highest BCUT2D eigenvalue weighted by atomic mass is 16.4. The number of rotatable bonds is 14. The molecular weight excluding hydrogens is 268 g/mol. The quantitative estimate of drug-likeness (QED) is 0.362. The van der Waals surface area contributed by atoms with Crippen molar-refractivity contribution in [3.8, 4) is 0 Å². The zero-order valence-electron chi connectivity index (χ0n) is 13.2. The topological polar surface area (TPSA) is 74.6 Å². The highest BCUT2D eigenvalue weighted by Gasteiger charge is 2.11. The van der Waals surface area contributed by atoms with Crippen LogP contribution in [0.15, 0.2) is 12.2 Å². The van der Waals surface area contributed by atoms with Crippen LogP contribution in [0.3, 0.4) is 0 Å². The Morgan fingerprint density at radius 2 is 1.67 bits per heavy atom. The van der Waals surface area contributed by atoms with Gasteiger partial charge in [0.15, 0.2) is 0 Å². The molecule has 0 aromatic rings. The summed E-state index contributed by atoms with van der Waals surface area (Å²) < 4.78 is 0. The Balaban J connectivity index is 3.82. The second kappa shape index (κ2) is 13.7. The molecule has 0 heterocycles. The van der Waals surface area contributed by atoms with Gasteiger partial charge in [0.1, 0.15) is 0 Å². The highest BCUT2D eigenvalue weighted by Crippen LogP contribution is 2.19. The minimum atomic E-state index is -0.740. The predicted octanol–water partition coefficient (Wildman–Crippen LogP) is 4.64. The van der Waals surface area contributed by atoms with Crippen LogP contribution in [0.25, 0.3) is 0 Å². The molecule has 0 saturated heterocycles. The molecule has 21 heavy (non-hydrogen) atoms. The summed E-state index contributed by atoms with van der Waals surface area (Å²) in [6.45, 7) is 2.16. The van der Waals surface area contributed by atoms with E-state index in [1.54, 1.807) is 0 Å². The second-order valence-electron chi connectivity index (χ2n) is 5.66. The van der Waals surface area contributed by atoms with Crippen molar-refractivity contribution < 1.29 is 19.8 Å². The third-order valence-corrected chi connectivity index (χ3v) is 3.58. The first kappa shape index (κ1) is 19.7. The molecule has 0 aliphatic heterocycles. The molecule has 122 valence electrons. The SMILES string of the molecule is CCCCC=CCC(CCCCCCC(=O)O)CC(=O)O. The Bertz CT molecular complexity index is 310. The third kappa shape index (κ3) is 14.9. The van der Waals surface area contributed by atoms with E-state index >= 15 is 0 Å². The zero-order chi connectivity index (χ0) is 15.9. The standard InChI is InChI=1S/C17H30O4/c1-2-3-4-5-8-11-15(14-17(20)21)12-9-6-7-10-13-16(18)19/h5,8,15H,2-4,6-7,9-14H2,1H3,(H,18,19)(H,20,21). The Labute approximate surface area is 128 Å². The number of hydrogen-bond acceptors (Lipinski definition) is 2. The molecule has 0 aromatic heterocycles. The van der Waals surface area contributed by atoms with Crippen LogP contribution in [0.1, 0.15) is 77.6 Å². The lowest BCUT2D eigenvalue weighted by molar-refractivity contribution is -0.138. The minimum absolute atomic E-state index is 0.208. The Morgan fingerprint density at radius 1 is 0.952 bits per heavy atom. The number of carboxylic acid groups (broad SMARTS) is 2. The highest BCUT2D eigenvalue weighted by molar-refractivity contribution is 5.67. The number of carboxylic acids is 2. The van der Waals surface area contributed by atoms with Crippen LogP contribution >= 0.6 is 0 Å². The summed E-state index contributed by atoms with van der Waals surface area (Å²) in [5.74, 6) is -1.26. The van der Waals surface area contributed by atoms with Crippen molar-refractivity contribution in [1.82, 2.24) is 0 Å². The van der Waals surface area contributed by atoms with E-state index in [0.717, 1.165) is 44.9 Å². The van der Waals surface area contributed by atoms with Gasteiger partial charge in [0.25, 0.3) is 0 Å². The van der Waals surface area contributed by atoms with Gasteiger partial charge in [-0.25, -0.2) is 0 Å². The number of aliphatic carboxylic acids is 2. The van der Waals surface area contributed by atoms with Crippen molar-refractivity contribution in [2.45, 2.75) is 77.6 Å². The van der Waals surface area contributed by atoms with Gasteiger partial charge in [-0.05, 0) is 31.6 Å². The maximum Gasteiger partial charge on any atom is 0.303 e. The lowest BCUT2D eigenvalue weighted by atomic mass is 9.94. The van der Waals surface area contributed by atoms with Gasteiger partial charge in [0.2, 0.25) is 0 Å². The lowest BCUT2D eigenvalue weighted by Crippen LogP contribution is -2.07. The van der Waals surface area contributed by atoms with Crippen molar-refractivity contribution in [3.63, 3.8) is 0 Å². The van der Waals surface area contributed by atoms with Crippen molar-refractivity contribution in [2.75, 3.05) is 0 Å². The van der Waals surface area contributed by atoms with E-state index in [-0.39, 0.29) is 18.8 Å². The van der Waals surface area contributed by atoms with E-state index in [9.17, 15) is 9.59 Å².